The van der Waals surface area contributed by atoms with Crippen molar-refractivity contribution in [1.29, 1.82) is 0 Å². The van der Waals surface area contributed by atoms with Crippen molar-refractivity contribution in [2.45, 2.75) is 53.5 Å². The van der Waals surface area contributed by atoms with E-state index in [-0.39, 0.29) is 11.9 Å². The van der Waals surface area contributed by atoms with Crippen LogP contribution >= 0.6 is 0 Å². The first-order chi connectivity index (χ1) is 11.6. The molecule has 1 amide bonds. The zero-order valence-electron chi connectivity index (χ0n) is 16.1. The largest absolute Gasteiger partial charge is 0.369 e. The lowest BCUT2D eigenvalue weighted by molar-refractivity contribution is 0.0943. The van der Waals surface area contributed by atoms with E-state index in [4.69, 9.17) is 0 Å². The fraction of sp³-hybridized carbons (Fsp3) is 0.650. The highest BCUT2D eigenvalue weighted by Crippen LogP contribution is 2.17. The number of piperazine rings is 1. The van der Waals surface area contributed by atoms with Crippen LogP contribution in [-0.4, -0.2) is 49.6 Å². The summed E-state index contributed by atoms with van der Waals surface area (Å²) in [7, 11) is 0. The number of nitrogens with zero attached hydrogens (tertiary/aromatic N) is 2. The van der Waals surface area contributed by atoms with Gasteiger partial charge >= 0.3 is 0 Å². The zero-order valence-corrected chi connectivity index (χ0v) is 16.1. The summed E-state index contributed by atoms with van der Waals surface area (Å²) in [5.74, 6) is 0.00550. The van der Waals surface area contributed by atoms with E-state index in [1.54, 1.807) is 0 Å². The van der Waals surface area contributed by atoms with Crippen LogP contribution in [0.2, 0.25) is 0 Å². The maximum absolute atomic E-state index is 12.0. The first-order valence-corrected chi connectivity index (χ1v) is 9.48. The molecule has 4 heteroatoms. The first kappa shape index (κ1) is 20.5. The minimum atomic E-state index is 0.00550. The highest BCUT2D eigenvalue weighted by Gasteiger charge is 2.17. The lowest BCUT2D eigenvalue weighted by Crippen LogP contribution is -2.46. The van der Waals surface area contributed by atoms with Gasteiger partial charge in [-0.2, -0.15) is 0 Å². The van der Waals surface area contributed by atoms with E-state index in [0.29, 0.717) is 0 Å². The first-order valence-electron chi connectivity index (χ1n) is 9.48. The van der Waals surface area contributed by atoms with Gasteiger partial charge in [-0.05, 0) is 51.1 Å². The quantitative estimate of drug-likeness (QED) is 0.861. The van der Waals surface area contributed by atoms with E-state index < -0.39 is 0 Å². The van der Waals surface area contributed by atoms with Crippen LogP contribution in [0.25, 0.3) is 0 Å². The van der Waals surface area contributed by atoms with Crippen LogP contribution in [-0.2, 0) is 0 Å². The highest BCUT2D eigenvalue weighted by molar-refractivity contribution is 5.94. The Kier molecular flexibility index (Phi) is 9.46. The molecule has 24 heavy (non-hydrogen) atoms. The van der Waals surface area contributed by atoms with E-state index >= 15 is 0 Å². The average Bonchev–Trinajstić information content (AvgIpc) is 2.62. The number of benzene rings is 1. The summed E-state index contributed by atoms with van der Waals surface area (Å²) in [6, 6.07) is 8.16. The van der Waals surface area contributed by atoms with Gasteiger partial charge in [-0.1, -0.05) is 27.2 Å². The molecule has 136 valence electrons. The van der Waals surface area contributed by atoms with Crippen LogP contribution in [0.3, 0.4) is 0 Å². The van der Waals surface area contributed by atoms with Gasteiger partial charge < -0.3 is 10.2 Å². The Morgan fingerprint density at radius 2 is 1.67 bits per heavy atom. The Morgan fingerprint density at radius 3 is 2.17 bits per heavy atom. The molecule has 4 nitrogen and oxygen atoms in total. The molecule has 0 radical (unpaired) electrons. The molecule has 1 aromatic carbocycles. The second kappa shape index (κ2) is 11.1. The summed E-state index contributed by atoms with van der Waals surface area (Å²) >= 11 is 0. The minimum Gasteiger partial charge on any atom is -0.369 e. The van der Waals surface area contributed by atoms with Gasteiger partial charge in [0.05, 0.1) is 0 Å². The summed E-state index contributed by atoms with van der Waals surface area (Å²) in [5.41, 5.74) is 1.95. The SMILES string of the molecule is CC.CCCCN1CCN(c2ccc(C(=O)NC(C)C)cc2)CC1. The lowest BCUT2D eigenvalue weighted by atomic mass is 10.1. The second-order valence-corrected chi connectivity index (χ2v) is 6.36. The van der Waals surface area contributed by atoms with Gasteiger partial charge in [-0.3, -0.25) is 9.69 Å². The Bertz CT molecular complexity index is 462. The topological polar surface area (TPSA) is 35.6 Å². The predicted octanol–water partition coefficient (Wildman–Crippen LogP) is 3.77. The van der Waals surface area contributed by atoms with E-state index in [0.717, 1.165) is 31.7 Å². The number of anilines is 1. The Morgan fingerprint density at radius 1 is 1.08 bits per heavy atom. The van der Waals surface area contributed by atoms with E-state index in [2.05, 4.69) is 34.2 Å². The maximum atomic E-state index is 12.0. The van der Waals surface area contributed by atoms with Crippen molar-refractivity contribution >= 4 is 11.6 Å². The number of unbranched alkanes of at least 4 members (excludes halogenated alkanes) is 1. The van der Waals surface area contributed by atoms with Gasteiger partial charge in [0.1, 0.15) is 0 Å². The van der Waals surface area contributed by atoms with Crippen molar-refractivity contribution < 1.29 is 4.79 Å². The summed E-state index contributed by atoms with van der Waals surface area (Å²) in [6.07, 6.45) is 2.56. The number of rotatable bonds is 6. The molecule has 1 heterocycles. The van der Waals surface area contributed by atoms with Gasteiger partial charge in [-0.15, -0.1) is 0 Å². The molecular formula is C20H35N3O. The van der Waals surface area contributed by atoms with Gasteiger partial charge in [0.15, 0.2) is 0 Å². The number of carbonyl (C=O) groups excluding carboxylic acids is 1. The molecular weight excluding hydrogens is 298 g/mol. The molecule has 0 aromatic heterocycles. The standard InChI is InChI=1S/C18H29N3O.C2H6/c1-4-5-10-20-11-13-21(14-12-20)17-8-6-16(7-9-17)18(22)19-15(2)3;1-2/h6-9,15H,4-5,10-14H2,1-3H3,(H,19,22);1-2H3. The molecule has 1 aliphatic heterocycles. The fourth-order valence-corrected chi connectivity index (χ4v) is 2.78. The molecule has 1 N–H and O–H groups in total. The van der Waals surface area contributed by atoms with Gasteiger partial charge in [-0.25, -0.2) is 0 Å². The molecule has 1 aliphatic rings. The number of nitrogens with one attached hydrogen (secondary N) is 1. The van der Waals surface area contributed by atoms with Crippen molar-refractivity contribution in [1.82, 2.24) is 10.2 Å². The molecule has 0 unspecified atom stereocenters. The van der Waals surface area contributed by atoms with Gasteiger partial charge in [0.2, 0.25) is 0 Å². The molecule has 1 aromatic rings. The summed E-state index contributed by atoms with van der Waals surface area (Å²) in [5, 5.41) is 2.92. The van der Waals surface area contributed by atoms with Crippen LogP contribution in [0.1, 0.15) is 57.8 Å². The average molecular weight is 334 g/mol. The number of carbonyl (C=O) groups is 1. The van der Waals surface area contributed by atoms with Crippen LogP contribution in [0.15, 0.2) is 24.3 Å². The molecule has 1 saturated heterocycles. The number of amides is 1. The van der Waals surface area contributed by atoms with Crippen molar-refractivity contribution in [2.24, 2.45) is 0 Å². The van der Waals surface area contributed by atoms with Crippen molar-refractivity contribution in [3.05, 3.63) is 29.8 Å². The molecule has 0 spiro atoms. The Hall–Kier alpha value is -1.55. The summed E-state index contributed by atoms with van der Waals surface area (Å²) in [4.78, 5) is 16.9. The van der Waals surface area contributed by atoms with Gasteiger partial charge in [0, 0.05) is 43.5 Å². The molecule has 0 bridgehead atoms. The van der Waals surface area contributed by atoms with Crippen molar-refractivity contribution in [3.63, 3.8) is 0 Å². The molecule has 0 aliphatic carbocycles. The van der Waals surface area contributed by atoms with Crippen molar-refractivity contribution in [3.8, 4) is 0 Å². The zero-order chi connectivity index (χ0) is 17.9. The Balaban J connectivity index is 0.00000139. The maximum Gasteiger partial charge on any atom is 0.251 e. The molecule has 0 atom stereocenters. The lowest BCUT2D eigenvalue weighted by Gasteiger charge is -2.36. The van der Waals surface area contributed by atoms with Crippen LogP contribution in [0.5, 0.6) is 0 Å². The van der Waals surface area contributed by atoms with Crippen LogP contribution in [0, 0.1) is 0 Å². The summed E-state index contributed by atoms with van der Waals surface area (Å²) < 4.78 is 0. The third-order valence-corrected chi connectivity index (χ3v) is 4.11. The third-order valence-electron chi connectivity index (χ3n) is 4.11. The minimum absolute atomic E-state index is 0.00550. The molecule has 0 saturated carbocycles. The molecule has 1 fully saturated rings. The van der Waals surface area contributed by atoms with E-state index in [9.17, 15) is 4.79 Å². The molecule has 2 rings (SSSR count). The normalized spacial score (nSPS) is 15.0. The van der Waals surface area contributed by atoms with E-state index in [1.807, 2.05) is 39.8 Å². The van der Waals surface area contributed by atoms with Gasteiger partial charge in [0.25, 0.3) is 5.91 Å². The second-order valence-electron chi connectivity index (χ2n) is 6.36. The Labute approximate surface area is 148 Å². The van der Waals surface area contributed by atoms with E-state index in [1.165, 1.54) is 25.1 Å². The predicted molar refractivity (Wildman–Crippen MR) is 104 cm³/mol. The van der Waals surface area contributed by atoms with Crippen LogP contribution < -0.4 is 10.2 Å². The smallest absolute Gasteiger partial charge is 0.251 e. The number of hydrogen-bond acceptors (Lipinski definition) is 3. The third kappa shape index (κ3) is 6.52. The van der Waals surface area contributed by atoms with Crippen LogP contribution in [0.4, 0.5) is 5.69 Å². The van der Waals surface area contributed by atoms with Crippen molar-refractivity contribution in [2.75, 3.05) is 37.6 Å². The number of hydrogen-bond donors (Lipinski definition) is 1. The highest BCUT2D eigenvalue weighted by atomic mass is 16.1. The monoisotopic (exact) mass is 333 g/mol. The summed E-state index contributed by atoms with van der Waals surface area (Å²) in [6.45, 7) is 15.8. The fourth-order valence-electron chi connectivity index (χ4n) is 2.78.